The van der Waals surface area contributed by atoms with E-state index in [9.17, 15) is 4.79 Å². The number of nitrogens with one attached hydrogen (secondary N) is 2. The maximum atomic E-state index is 12.1. The third-order valence-electron chi connectivity index (χ3n) is 2.93. The third kappa shape index (κ3) is 6.00. The molecular weight excluding hydrogens is 328 g/mol. The first-order valence-corrected chi connectivity index (χ1v) is 8.68. The van der Waals surface area contributed by atoms with E-state index in [4.69, 9.17) is 17.0 Å². The van der Waals surface area contributed by atoms with E-state index < -0.39 is 0 Å². The fourth-order valence-corrected chi connectivity index (χ4v) is 2.57. The number of ether oxygens (including phenoxy) is 1. The van der Waals surface area contributed by atoms with E-state index in [0.29, 0.717) is 29.7 Å². The third-order valence-corrected chi connectivity index (χ3v) is 4.05. The van der Waals surface area contributed by atoms with Crippen LogP contribution in [0.5, 0.6) is 5.75 Å². The summed E-state index contributed by atoms with van der Waals surface area (Å²) in [6.07, 6.45) is 0. The van der Waals surface area contributed by atoms with Crippen molar-refractivity contribution in [3.63, 3.8) is 0 Å². The van der Waals surface area contributed by atoms with Crippen LogP contribution >= 0.6 is 23.6 Å². The maximum absolute atomic E-state index is 12.1. The van der Waals surface area contributed by atoms with Gasteiger partial charge in [0.2, 0.25) is 0 Å². The van der Waals surface area contributed by atoms with Crippen LogP contribution in [0.25, 0.3) is 0 Å². The summed E-state index contributed by atoms with van der Waals surface area (Å²) < 4.78 is 5.59. The molecule has 122 valence electrons. The summed E-state index contributed by atoms with van der Waals surface area (Å²) in [5, 5.41) is 8.01. The second-order valence-corrected chi connectivity index (χ2v) is 6.89. The highest BCUT2D eigenvalue weighted by Crippen LogP contribution is 2.13. The summed E-state index contributed by atoms with van der Waals surface area (Å²) in [5.74, 6) is 0.988. The van der Waals surface area contributed by atoms with E-state index >= 15 is 0 Å². The van der Waals surface area contributed by atoms with Crippen LogP contribution in [0.1, 0.15) is 29.1 Å². The van der Waals surface area contributed by atoms with E-state index in [1.165, 1.54) is 0 Å². The van der Waals surface area contributed by atoms with E-state index in [2.05, 4.69) is 24.5 Å². The van der Waals surface area contributed by atoms with Gasteiger partial charge >= 0.3 is 0 Å². The minimum absolute atomic E-state index is 0.232. The number of rotatable bonds is 6. The normalized spacial score (nSPS) is 10.4. The first-order valence-electron chi connectivity index (χ1n) is 7.39. The molecule has 0 aliphatic rings. The largest absolute Gasteiger partial charge is 0.493 e. The summed E-state index contributed by atoms with van der Waals surface area (Å²) in [6.45, 7) is 5.44. The van der Waals surface area contributed by atoms with E-state index in [0.717, 1.165) is 10.6 Å². The van der Waals surface area contributed by atoms with Crippen LogP contribution in [0.15, 0.2) is 41.8 Å². The summed E-state index contributed by atoms with van der Waals surface area (Å²) in [7, 11) is 0. The molecule has 6 heteroatoms. The molecule has 23 heavy (non-hydrogen) atoms. The van der Waals surface area contributed by atoms with Crippen molar-refractivity contribution in [1.82, 2.24) is 10.6 Å². The number of amides is 1. The van der Waals surface area contributed by atoms with Crippen molar-refractivity contribution >= 4 is 34.6 Å². The monoisotopic (exact) mass is 348 g/mol. The molecule has 1 aromatic heterocycles. The van der Waals surface area contributed by atoms with Crippen molar-refractivity contribution in [2.24, 2.45) is 5.92 Å². The molecule has 2 rings (SSSR count). The zero-order valence-electron chi connectivity index (χ0n) is 13.2. The van der Waals surface area contributed by atoms with Crippen molar-refractivity contribution in [3.05, 3.63) is 52.2 Å². The molecule has 2 N–H and O–H groups in total. The lowest BCUT2D eigenvalue weighted by Crippen LogP contribution is -2.38. The predicted octanol–water partition coefficient (Wildman–Crippen LogP) is 3.59. The van der Waals surface area contributed by atoms with Gasteiger partial charge in [-0.05, 0) is 53.8 Å². The number of thiophene rings is 1. The Bertz CT molecular complexity index is 637. The lowest BCUT2D eigenvalue weighted by atomic mass is 10.2. The molecule has 4 nitrogen and oxygen atoms in total. The second-order valence-electron chi connectivity index (χ2n) is 5.45. The molecule has 0 radical (unpaired) electrons. The van der Waals surface area contributed by atoms with Crippen LogP contribution in [-0.4, -0.2) is 17.6 Å². The molecule has 0 aliphatic heterocycles. The highest BCUT2D eigenvalue weighted by molar-refractivity contribution is 7.80. The highest BCUT2D eigenvalue weighted by Gasteiger charge is 2.08. The number of thiocarbonyl (C=S) groups is 1. The summed E-state index contributed by atoms with van der Waals surface area (Å²) in [5.41, 5.74) is 0.544. The van der Waals surface area contributed by atoms with Crippen molar-refractivity contribution in [2.75, 3.05) is 6.61 Å². The average Bonchev–Trinajstić information content (AvgIpc) is 3.05. The summed E-state index contributed by atoms with van der Waals surface area (Å²) >= 11 is 6.78. The lowest BCUT2D eigenvalue weighted by Gasteiger charge is -2.10. The molecule has 0 saturated heterocycles. The maximum Gasteiger partial charge on any atom is 0.257 e. The SMILES string of the molecule is CC(C)COc1ccc(C(=O)NC(=S)NCc2cccs2)cc1. The van der Waals surface area contributed by atoms with Gasteiger partial charge in [-0.15, -0.1) is 11.3 Å². The molecule has 1 heterocycles. The standard InChI is InChI=1S/C17H20N2O2S2/c1-12(2)11-21-14-7-5-13(6-8-14)16(20)19-17(22)18-10-15-4-3-9-23-15/h3-9,12H,10-11H2,1-2H3,(H2,18,19,20,22). The highest BCUT2D eigenvalue weighted by atomic mass is 32.1. The Morgan fingerprint density at radius 3 is 2.61 bits per heavy atom. The van der Waals surface area contributed by atoms with Gasteiger partial charge < -0.3 is 10.1 Å². The molecule has 0 fully saturated rings. The van der Waals surface area contributed by atoms with Gasteiger partial charge in [-0.3, -0.25) is 10.1 Å². The topological polar surface area (TPSA) is 50.4 Å². The summed E-state index contributed by atoms with van der Waals surface area (Å²) in [6, 6.07) is 11.0. The Balaban J connectivity index is 1.81. The van der Waals surface area contributed by atoms with E-state index in [1.807, 2.05) is 17.5 Å². The zero-order chi connectivity index (χ0) is 16.7. The Morgan fingerprint density at radius 1 is 1.26 bits per heavy atom. The van der Waals surface area contributed by atoms with Gasteiger partial charge in [-0.1, -0.05) is 19.9 Å². The molecule has 0 saturated carbocycles. The fourth-order valence-electron chi connectivity index (χ4n) is 1.77. The Hall–Kier alpha value is -1.92. The number of carbonyl (C=O) groups is 1. The van der Waals surface area contributed by atoms with Gasteiger partial charge in [-0.2, -0.15) is 0 Å². The first kappa shape index (κ1) is 17.4. The van der Waals surface area contributed by atoms with Crippen molar-refractivity contribution < 1.29 is 9.53 Å². The minimum Gasteiger partial charge on any atom is -0.493 e. The van der Waals surface area contributed by atoms with Crippen LogP contribution < -0.4 is 15.4 Å². The van der Waals surface area contributed by atoms with Crippen LogP contribution in [0, 0.1) is 5.92 Å². The molecule has 0 unspecified atom stereocenters. The quantitative estimate of drug-likeness (QED) is 0.784. The number of hydrogen-bond donors (Lipinski definition) is 2. The number of benzene rings is 1. The van der Waals surface area contributed by atoms with Crippen LogP contribution in [0.3, 0.4) is 0 Å². The Labute approximate surface area is 145 Å². The first-order chi connectivity index (χ1) is 11.0. The molecule has 1 aromatic carbocycles. The number of carbonyl (C=O) groups excluding carboxylic acids is 1. The molecule has 1 amide bonds. The van der Waals surface area contributed by atoms with Gasteiger partial charge in [-0.25, -0.2) is 0 Å². The van der Waals surface area contributed by atoms with Crippen LogP contribution in [-0.2, 0) is 6.54 Å². The summed E-state index contributed by atoms with van der Waals surface area (Å²) in [4.78, 5) is 13.3. The Kier molecular flexibility index (Phi) is 6.55. The number of hydrogen-bond acceptors (Lipinski definition) is 4. The van der Waals surface area contributed by atoms with Gasteiger partial charge in [0.1, 0.15) is 5.75 Å². The zero-order valence-corrected chi connectivity index (χ0v) is 14.8. The average molecular weight is 348 g/mol. The molecular formula is C17H20N2O2S2. The van der Waals surface area contributed by atoms with E-state index in [1.54, 1.807) is 35.6 Å². The molecule has 0 aliphatic carbocycles. The van der Waals surface area contributed by atoms with Crippen molar-refractivity contribution in [2.45, 2.75) is 20.4 Å². The fraction of sp³-hybridized carbons (Fsp3) is 0.294. The van der Waals surface area contributed by atoms with Crippen LogP contribution in [0.4, 0.5) is 0 Å². The smallest absolute Gasteiger partial charge is 0.257 e. The molecule has 2 aromatic rings. The van der Waals surface area contributed by atoms with E-state index in [-0.39, 0.29) is 5.91 Å². The molecule has 0 atom stereocenters. The van der Waals surface area contributed by atoms with Gasteiger partial charge in [0.25, 0.3) is 5.91 Å². The van der Waals surface area contributed by atoms with Crippen LogP contribution in [0.2, 0.25) is 0 Å². The van der Waals surface area contributed by atoms with Gasteiger partial charge in [0.05, 0.1) is 13.2 Å². The molecule has 0 bridgehead atoms. The molecule has 0 spiro atoms. The van der Waals surface area contributed by atoms with Gasteiger partial charge in [0.15, 0.2) is 5.11 Å². The van der Waals surface area contributed by atoms with Crippen molar-refractivity contribution in [3.8, 4) is 5.75 Å². The predicted molar refractivity (Wildman–Crippen MR) is 98.0 cm³/mol. The second kappa shape index (κ2) is 8.64. The minimum atomic E-state index is -0.232. The Morgan fingerprint density at radius 2 is 2.00 bits per heavy atom. The lowest BCUT2D eigenvalue weighted by molar-refractivity contribution is 0.0976. The van der Waals surface area contributed by atoms with Gasteiger partial charge in [0, 0.05) is 10.4 Å². The van der Waals surface area contributed by atoms with Crippen molar-refractivity contribution in [1.29, 1.82) is 0 Å².